The maximum absolute atomic E-state index is 5.62. The van der Waals surface area contributed by atoms with E-state index < -0.39 is 0 Å². The molecule has 1 aliphatic heterocycles. The summed E-state index contributed by atoms with van der Waals surface area (Å²) in [6.45, 7) is 5.05. The van der Waals surface area contributed by atoms with E-state index in [-0.39, 0.29) is 6.10 Å². The van der Waals surface area contributed by atoms with Gasteiger partial charge in [0.1, 0.15) is 5.82 Å². The zero-order chi connectivity index (χ0) is 11.5. The monoisotopic (exact) mass is 285 g/mol. The van der Waals surface area contributed by atoms with Crippen molar-refractivity contribution in [1.82, 2.24) is 4.98 Å². The number of aromatic nitrogens is 1. The molecular formula is C11H16BrN3O. The molecule has 0 bridgehead atoms. The lowest BCUT2D eigenvalue weighted by Crippen LogP contribution is -2.46. The Morgan fingerprint density at radius 1 is 1.69 bits per heavy atom. The van der Waals surface area contributed by atoms with E-state index in [0.717, 1.165) is 30.0 Å². The third-order valence-corrected chi connectivity index (χ3v) is 3.59. The van der Waals surface area contributed by atoms with E-state index in [0.29, 0.717) is 6.54 Å². The summed E-state index contributed by atoms with van der Waals surface area (Å²) in [7, 11) is 0. The number of anilines is 1. The topological polar surface area (TPSA) is 51.4 Å². The van der Waals surface area contributed by atoms with Gasteiger partial charge in [0, 0.05) is 30.3 Å². The summed E-state index contributed by atoms with van der Waals surface area (Å²) in [5.74, 6) is 1.00. The minimum Gasteiger partial charge on any atom is -0.373 e. The molecule has 2 heterocycles. The molecule has 1 aromatic rings. The van der Waals surface area contributed by atoms with Gasteiger partial charge in [-0.15, -0.1) is 0 Å². The summed E-state index contributed by atoms with van der Waals surface area (Å²) in [6, 6.07) is 2.09. The quantitative estimate of drug-likeness (QED) is 0.891. The molecule has 4 nitrogen and oxygen atoms in total. The van der Waals surface area contributed by atoms with Crippen molar-refractivity contribution in [3.63, 3.8) is 0 Å². The SMILES string of the molecule is Cc1cc(N2CCOC(CN)C2)ncc1Br. The van der Waals surface area contributed by atoms with Crippen molar-refractivity contribution in [2.24, 2.45) is 5.73 Å². The van der Waals surface area contributed by atoms with Crippen molar-refractivity contribution in [3.05, 3.63) is 22.3 Å². The standard InChI is InChI=1S/C11H16BrN3O/c1-8-4-11(14-6-10(8)12)15-2-3-16-9(5-13)7-15/h4,6,9H,2-3,5,7,13H2,1H3. The Balaban J connectivity index is 2.13. The van der Waals surface area contributed by atoms with E-state index in [2.05, 4.69) is 38.8 Å². The normalized spacial score (nSPS) is 21.2. The number of aryl methyl sites for hydroxylation is 1. The number of nitrogens with two attached hydrogens (primary N) is 1. The lowest BCUT2D eigenvalue weighted by atomic mass is 10.2. The average Bonchev–Trinajstić information content (AvgIpc) is 2.33. The molecule has 2 rings (SSSR count). The van der Waals surface area contributed by atoms with Crippen LogP contribution in [0.5, 0.6) is 0 Å². The van der Waals surface area contributed by atoms with Gasteiger partial charge in [0.05, 0.1) is 12.7 Å². The minimum absolute atomic E-state index is 0.125. The van der Waals surface area contributed by atoms with Crippen molar-refractivity contribution in [1.29, 1.82) is 0 Å². The van der Waals surface area contributed by atoms with Gasteiger partial charge < -0.3 is 15.4 Å². The summed E-state index contributed by atoms with van der Waals surface area (Å²) < 4.78 is 6.57. The van der Waals surface area contributed by atoms with Gasteiger partial charge >= 0.3 is 0 Å². The molecule has 0 spiro atoms. The maximum atomic E-state index is 5.62. The van der Waals surface area contributed by atoms with Crippen LogP contribution in [-0.2, 0) is 4.74 Å². The van der Waals surface area contributed by atoms with E-state index in [1.807, 2.05) is 6.20 Å². The van der Waals surface area contributed by atoms with Crippen LogP contribution in [0, 0.1) is 6.92 Å². The first-order valence-corrected chi connectivity index (χ1v) is 6.18. The Bertz CT molecular complexity index is 372. The summed E-state index contributed by atoms with van der Waals surface area (Å²) in [5.41, 5.74) is 6.81. The number of nitrogens with zero attached hydrogens (tertiary/aromatic N) is 2. The molecule has 1 aliphatic rings. The van der Waals surface area contributed by atoms with Gasteiger partial charge in [-0.1, -0.05) is 0 Å². The maximum Gasteiger partial charge on any atom is 0.128 e. The average molecular weight is 286 g/mol. The Morgan fingerprint density at radius 2 is 2.50 bits per heavy atom. The molecule has 0 aromatic carbocycles. The number of rotatable bonds is 2. The third kappa shape index (κ3) is 2.53. The molecule has 0 saturated carbocycles. The largest absolute Gasteiger partial charge is 0.373 e. The van der Waals surface area contributed by atoms with Crippen LogP contribution in [0.3, 0.4) is 0 Å². The van der Waals surface area contributed by atoms with Crippen LogP contribution in [0.25, 0.3) is 0 Å². The van der Waals surface area contributed by atoms with Gasteiger partial charge in [0.25, 0.3) is 0 Å². The van der Waals surface area contributed by atoms with Crippen molar-refractivity contribution >= 4 is 21.7 Å². The fourth-order valence-corrected chi connectivity index (χ4v) is 1.98. The molecule has 88 valence electrons. The van der Waals surface area contributed by atoms with Crippen molar-refractivity contribution < 1.29 is 4.74 Å². The summed E-state index contributed by atoms with van der Waals surface area (Å²) in [6.07, 6.45) is 1.97. The van der Waals surface area contributed by atoms with Crippen LogP contribution >= 0.6 is 15.9 Å². The van der Waals surface area contributed by atoms with Crippen molar-refractivity contribution in [2.45, 2.75) is 13.0 Å². The molecule has 5 heteroatoms. The highest BCUT2D eigenvalue weighted by atomic mass is 79.9. The number of morpholine rings is 1. The fraction of sp³-hybridized carbons (Fsp3) is 0.545. The van der Waals surface area contributed by atoms with Crippen LogP contribution < -0.4 is 10.6 Å². The minimum atomic E-state index is 0.125. The second-order valence-electron chi connectivity index (χ2n) is 3.97. The molecule has 0 aliphatic carbocycles. The third-order valence-electron chi connectivity index (χ3n) is 2.76. The number of pyridine rings is 1. The second kappa shape index (κ2) is 5.12. The van der Waals surface area contributed by atoms with Crippen molar-refractivity contribution in [2.75, 3.05) is 31.1 Å². The van der Waals surface area contributed by atoms with E-state index in [4.69, 9.17) is 10.5 Å². The lowest BCUT2D eigenvalue weighted by Gasteiger charge is -2.33. The van der Waals surface area contributed by atoms with Gasteiger partial charge in [0.2, 0.25) is 0 Å². The highest BCUT2D eigenvalue weighted by molar-refractivity contribution is 9.10. The lowest BCUT2D eigenvalue weighted by molar-refractivity contribution is 0.0463. The highest BCUT2D eigenvalue weighted by Crippen LogP contribution is 2.21. The van der Waals surface area contributed by atoms with E-state index in [9.17, 15) is 0 Å². The number of hydrogen-bond donors (Lipinski definition) is 1. The molecule has 1 saturated heterocycles. The van der Waals surface area contributed by atoms with Crippen LogP contribution in [0.15, 0.2) is 16.7 Å². The Labute approximate surface area is 104 Å². The van der Waals surface area contributed by atoms with Gasteiger partial charge in [-0.3, -0.25) is 0 Å². The molecular weight excluding hydrogens is 270 g/mol. The van der Waals surface area contributed by atoms with E-state index in [1.165, 1.54) is 5.56 Å². The number of ether oxygens (including phenoxy) is 1. The molecule has 0 radical (unpaired) electrons. The Morgan fingerprint density at radius 3 is 3.19 bits per heavy atom. The van der Waals surface area contributed by atoms with E-state index in [1.54, 1.807) is 0 Å². The first kappa shape index (κ1) is 11.8. The fourth-order valence-electron chi connectivity index (χ4n) is 1.77. The molecule has 16 heavy (non-hydrogen) atoms. The van der Waals surface area contributed by atoms with E-state index >= 15 is 0 Å². The summed E-state index contributed by atoms with van der Waals surface area (Å²) >= 11 is 3.45. The molecule has 2 N–H and O–H groups in total. The molecule has 1 atom stereocenters. The predicted octanol–water partition coefficient (Wildman–Crippen LogP) is 1.32. The van der Waals surface area contributed by atoms with Crippen LogP contribution in [0.2, 0.25) is 0 Å². The first-order valence-electron chi connectivity index (χ1n) is 5.39. The number of halogens is 1. The van der Waals surface area contributed by atoms with Crippen LogP contribution in [0.1, 0.15) is 5.56 Å². The predicted molar refractivity (Wildman–Crippen MR) is 67.7 cm³/mol. The van der Waals surface area contributed by atoms with Crippen LogP contribution in [0.4, 0.5) is 5.82 Å². The second-order valence-corrected chi connectivity index (χ2v) is 4.82. The molecule has 0 amide bonds. The van der Waals surface area contributed by atoms with Gasteiger partial charge in [-0.05, 0) is 34.5 Å². The first-order chi connectivity index (χ1) is 7.70. The molecule has 1 aromatic heterocycles. The Hall–Kier alpha value is -0.650. The van der Waals surface area contributed by atoms with Gasteiger partial charge in [-0.25, -0.2) is 4.98 Å². The summed E-state index contributed by atoms with van der Waals surface area (Å²) in [5, 5.41) is 0. The molecule has 1 fully saturated rings. The zero-order valence-electron chi connectivity index (χ0n) is 9.32. The summed E-state index contributed by atoms with van der Waals surface area (Å²) in [4.78, 5) is 6.64. The highest BCUT2D eigenvalue weighted by Gasteiger charge is 2.20. The van der Waals surface area contributed by atoms with Gasteiger partial charge in [-0.2, -0.15) is 0 Å². The van der Waals surface area contributed by atoms with Crippen molar-refractivity contribution in [3.8, 4) is 0 Å². The smallest absolute Gasteiger partial charge is 0.128 e. The Kier molecular flexibility index (Phi) is 3.78. The zero-order valence-corrected chi connectivity index (χ0v) is 10.9. The van der Waals surface area contributed by atoms with Gasteiger partial charge in [0.15, 0.2) is 0 Å². The van der Waals surface area contributed by atoms with Crippen LogP contribution in [-0.4, -0.2) is 37.3 Å². The number of hydrogen-bond acceptors (Lipinski definition) is 4. The molecule has 1 unspecified atom stereocenters.